The highest BCUT2D eigenvalue weighted by molar-refractivity contribution is 5.95. The van der Waals surface area contributed by atoms with Gasteiger partial charge in [-0.05, 0) is 37.6 Å². The Labute approximate surface area is 126 Å². The quantitative estimate of drug-likeness (QED) is 0.870. The van der Waals surface area contributed by atoms with Crippen LogP contribution >= 0.6 is 0 Å². The predicted octanol–water partition coefficient (Wildman–Crippen LogP) is 1.92. The van der Waals surface area contributed by atoms with E-state index in [4.69, 9.17) is 9.47 Å². The molecule has 0 aliphatic carbocycles. The van der Waals surface area contributed by atoms with Crippen LogP contribution in [0, 0.1) is 0 Å². The fourth-order valence-corrected chi connectivity index (χ4v) is 2.73. The summed E-state index contributed by atoms with van der Waals surface area (Å²) in [5.74, 6) is 1.29. The zero-order chi connectivity index (χ0) is 15.2. The van der Waals surface area contributed by atoms with E-state index in [-0.39, 0.29) is 11.9 Å². The molecule has 1 N–H and O–H groups in total. The maximum atomic E-state index is 12.8. The number of hydrogen-bond acceptors (Lipinski definition) is 4. The molecule has 21 heavy (non-hydrogen) atoms. The van der Waals surface area contributed by atoms with Gasteiger partial charge in [-0.2, -0.15) is 0 Å². The molecule has 0 aromatic heterocycles. The third kappa shape index (κ3) is 3.47. The third-order valence-electron chi connectivity index (χ3n) is 3.83. The van der Waals surface area contributed by atoms with Gasteiger partial charge in [0.2, 0.25) is 0 Å². The van der Waals surface area contributed by atoms with Gasteiger partial charge in [0.25, 0.3) is 5.91 Å². The molecule has 1 atom stereocenters. The summed E-state index contributed by atoms with van der Waals surface area (Å²) >= 11 is 0. The Kier molecular flexibility index (Phi) is 5.44. The zero-order valence-electron chi connectivity index (χ0n) is 13.0. The molecule has 0 bridgehead atoms. The van der Waals surface area contributed by atoms with Gasteiger partial charge in [-0.25, -0.2) is 0 Å². The normalized spacial score (nSPS) is 17.6. The molecular formula is C16H24N2O3. The first kappa shape index (κ1) is 15.6. The van der Waals surface area contributed by atoms with Crippen molar-refractivity contribution in [2.75, 3.05) is 33.9 Å². The third-order valence-corrected chi connectivity index (χ3v) is 3.83. The Morgan fingerprint density at radius 3 is 2.67 bits per heavy atom. The molecule has 1 fully saturated rings. The molecule has 1 amide bonds. The van der Waals surface area contributed by atoms with Gasteiger partial charge in [0.05, 0.1) is 14.2 Å². The lowest BCUT2D eigenvalue weighted by Gasteiger charge is -2.28. The number of amides is 1. The zero-order valence-corrected chi connectivity index (χ0v) is 13.0. The average Bonchev–Trinajstić information content (AvgIpc) is 3.05. The summed E-state index contributed by atoms with van der Waals surface area (Å²) < 4.78 is 10.5. The van der Waals surface area contributed by atoms with Gasteiger partial charge in [0.15, 0.2) is 11.5 Å². The van der Waals surface area contributed by atoms with Crippen molar-refractivity contribution in [2.24, 2.45) is 0 Å². The molecule has 2 rings (SSSR count). The molecule has 1 saturated heterocycles. The maximum absolute atomic E-state index is 12.8. The molecule has 5 heteroatoms. The Morgan fingerprint density at radius 1 is 1.33 bits per heavy atom. The summed E-state index contributed by atoms with van der Waals surface area (Å²) in [5.41, 5.74) is 0.646. The van der Waals surface area contributed by atoms with E-state index in [0.29, 0.717) is 17.1 Å². The van der Waals surface area contributed by atoms with E-state index in [0.717, 1.165) is 32.5 Å². The highest BCUT2D eigenvalue weighted by atomic mass is 16.5. The highest BCUT2D eigenvalue weighted by Gasteiger charge is 2.27. The van der Waals surface area contributed by atoms with Crippen LogP contribution in [0.4, 0.5) is 0 Å². The first-order valence-corrected chi connectivity index (χ1v) is 7.45. The molecule has 0 radical (unpaired) electrons. The molecular weight excluding hydrogens is 268 g/mol. The number of nitrogens with zero attached hydrogens (tertiary/aromatic N) is 1. The number of methoxy groups -OCH3 is 2. The van der Waals surface area contributed by atoms with Gasteiger partial charge in [-0.1, -0.05) is 6.92 Å². The Morgan fingerprint density at radius 2 is 2.10 bits per heavy atom. The molecule has 1 aromatic carbocycles. The van der Waals surface area contributed by atoms with Crippen molar-refractivity contribution in [2.45, 2.75) is 25.8 Å². The molecule has 1 aromatic rings. The number of ether oxygens (including phenoxy) is 2. The number of benzene rings is 1. The van der Waals surface area contributed by atoms with Crippen molar-refractivity contribution < 1.29 is 14.3 Å². The fourth-order valence-electron chi connectivity index (χ4n) is 2.73. The second-order valence-corrected chi connectivity index (χ2v) is 5.21. The number of carbonyl (C=O) groups is 1. The van der Waals surface area contributed by atoms with Crippen molar-refractivity contribution >= 4 is 5.91 Å². The van der Waals surface area contributed by atoms with Crippen LogP contribution in [-0.2, 0) is 0 Å². The van der Waals surface area contributed by atoms with Crippen molar-refractivity contribution in [1.29, 1.82) is 0 Å². The molecule has 0 spiro atoms. The largest absolute Gasteiger partial charge is 0.493 e. The Balaban J connectivity index is 2.23. The van der Waals surface area contributed by atoms with Gasteiger partial charge in [0, 0.05) is 24.7 Å². The molecule has 1 aliphatic heterocycles. The lowest BCUT2D eigenvalue weighted by atomic mass is 10.1. The first-order chi connectivity index (χ1) is 10.2. The maximum Gasteiger partial charge on any atom is 0.254 e. The first-order valence-electron chi connectivity index (χ1n) is 7.45. The highest BCUT2D eigenvalue weighted by Crippen LogP contribution is 2.28. The summed E-state index contributed by atoms with van der Waals surface area (Å²) in [5, 5.41) is 3.32. The lowest BCUT2D eigenvalue weighted by Crippen LogP contribution is -2.42. The van der Waals surface area contributed by atoms with Crippen molar-refractivity contribution in [3.8, 4) is 11.5 Å². The summed E-state index contributed by atoms with van der Waals surface area (Å²) in [6, 6.07) is 5.62. The van der Waals surface area contributed by atoms with E-state index in [1.807, 2.05) is 4.90 Å². The number of rotatable bonds is 6. The van der Waals surface area contributed by atoms with E-state index < -0.39 is 0 Å². The SMILES string of the molecule is CCCN(C(=O)c1ccc(OC)c(OC)c1)C1CCNC1. The Hall–Kier alpha value is -1.75. The minimum absolute atomic E-state index is 0.0616. The van der Waals surface area contributed by atoms with Crippen LogP contribution in [0.3, 0.4) is 0 Å². The molecule has 116 valence electrons. The van der Waals surface area contributed by atoms with Crippen LogP contribution in [-0.4, -0.2) is 50.7 Å². The van der Waals surface area contributed by atoms with Crippen molar-refractivity contribution in [1.82, 2.24) is 10.2 Å². The predicted molar refractivity (Wildman–Crippen MR) is 82.1 cm³/mol. The number of nitrogens with one attached hydrogen (secondary N) is 1. The van der Waals surface area contributed by atoms with Crippen LogP contribution in [0.5, 0.6) is 11.5 Å². The van der Waals surface area contributed by atoms with Crippen LogP contribution in [0.2, 0.25) is 0 Å². The molecule has 1 unspecified atom stereocenters. The van der Waals surface area contributed by atoms with Crippen LogP contribution in [0.1, 0.15) is 30.1 Å². The molecule has 1 aliphatic rings. The van der Waals surface area contributed by atoms with Crippen molar-refractivity contribution in [3.05, 3.63) is 23.8 Å². The standard InChI is InChI=1S/C16H24N2O3/c1-4-9-18(13-7-8-17-11-13)16(19)12-5-6-14(20-2)15(10-12)21-3/h5-6,10,13,17H,4,7-9,11H2,1-3H3. The second kappa shape index (κ2) is 7.31. The monoisotopic (exact) mass is 292 g/mol. The van der Waals surface area contributed by atoms with Crippen LogP contribution in [0.15, 0.2) is 18.2 Å². The smallest absolute Gasteiger partial charge is 0.254 e. The van der Waals surface area contributed by atoms with Gasteiger partial charge >= 0.3 is 0 Å². The van der Waals surface area contributed by atoms with E-state index in [1.165, 1.54) is 0 Å². The van der Waals surface area contributed by atoms with Gasteiger partial charge in [-0.15, -0.1) is 0 Å². The van der Waals surface area contributed by atoms with Gasteiger partial charge in [-0.3, -0.25) is 4.79 Å². The van der Waals surface area contributed by atoms with Gasteiger partial charge < -0.3 is 19.7 Å². The minimum Gasteiger partial charge on any atom is -0.493 e. The lowest BCUT2D eigenvalue weighted by molar-refractivity contribution is 0.0692. The summed E-state index contributed by atoms with van der Waals surface area (Å²) in [4.78, 5) is 14.8. The van der Waals surface area contributed by atoms with Crippen molar-refractivity contribution in [3.63, 3.8) is 0 Å². The average molecular weight is 292 g/mol. The molecule has 1 heterocycles. The summed E-state index contributed by atoms with van der Waals surface area (Å²) in [7, 11) is 3.17. The van der Waals surface area contributed by atoms with E-state index in [1.54, 1.807) is 32.4 Å². The number of carbonyl (C=O) groups excluding carboxylic acids is 1. The topological polar surface area (TPSA) is 50.8 Å². The fraction of sp³-hybridized carbons (Fsp3) is 0.562. The van der Waals surface area contributed by atoms with Gasteiger partial charge in [0.1, 0.15) is 0 Å². The Bertz CT molecular complexity index is 484. The number of hydrogen-bond donors (Lipinski definition) is 1. The van der Waals surface area contributed by atoms with E-state index in [9.17, 15) is 4.79 Å². The van der Waals surface area contributed by atoms with E-state index >= 15 is 0 Å². The van der Waals surface area contributed by atoms with Crippen LogP contribution < -0.4 is 14.8 Å². The minimum atomic E-state index is 0.0616. The molecule has 0 saturated carbocycles. The second-order valence-electron chi connectivity index (χ2n) is 5.21. The van der Waals surface area contributed by atoms with E-state index in [2.05, 4.69) is 12.2 Å². The summed E-state index contributed by atoms with van der Waals surface area (Å²) in [6.07, 6.45) is 1.97. The summed E-state index contributed by atoms with van der Waals surface area (Å²) in [6.45, 7) is 4.72. The van der Waals surface area contributed by atoms with Crippen LogP contribution in [0.25, 0.3) is 0 Å². The molecule has 5 nitrogen and oxygen atoms in total.